The number of methoxy groups -OCH3 is 1. The summed E-state index contributed by atoms with van der Waals surface area (Å²) in [6.45, 7) is 0.648. The molecule has 21 heavy (non-hydrogen) atoms. The Morgan fingerprint density at radius 1 is 1.48 bits per heavy atom. The highest BCUT2D eigenvalue weighted by Gasteiger charge is 2.63. The minimum absolute atomic E-state index is 0.161. The van der Waals surface area contributed by atoms with Crippen LogP contribution in [0.3, 0.4) is 0 Å². The highest BCUT2D eigenvalue weighted by molar-refractivity contribution is 5.79. The molecule has 2 aliphatic rings. The number of hydrogen-bond donors (Lipinski definition) is 4. The molecule has 0 aromatic rings. The van der Waals surface area contributed by atoms with E-state index in [-0.39, 0.29) is 12.3 Å². The normalized spacial score (nSPS) is 39.7. The van der Waals surface area contributed by atoms with Crippen LogP contribution in [-0.4, -0.2) is 77.2 Å². The van der Waals surface area contributed by atoms with Crippen LogP contribution in [0.2, 0.25) is 0 Å². The van der Waals surface area contributed by atoms with Crippen LogP contribution >= 0.6 is 0 Å². The van der Waals surface area contributed by atoms with Crippen molar-refractivity contribution in [1.29, 1.82) is 0 Å². The Labute approximate surface area is 120 Å². The summed E-state index contributed by atoms with van der Waals surface area (Å²) in [5.41, 5.74) is 0. The summed E-state index contributed by atoms with van der Waals surface area (Å²) in [6, 6.07) is -0.795. The molecular formula is C12H19NO8. The topological polar surface area (TPSA) is 135 Å². The van der Waals surface area contributed by atoms with Gasteiger partial charge in [0.25, 0.3) is 5.79 Å². The summed E-state index contributed by atoms with van der Waals surface area (Å²) in [5, 5.41) is 31.5. The van der Waals surface area contributed by atoms with Crippen molar-refractivity contribution in [3.8, 4) is 0 Å². The SMILES string of the molecule is COC(=O)[C@@]12C[C@@H](NC(C)=O)[C@H](O)[C@@H](O1)[C@@H]([C@H](O)CO)O2. The smallest absolute Gasteiger partial charge is 0.366 e. The molecule has 2 rings (SSSR count). The van der Waals surface area contributed by atoms with E-state index in [1.54, 1.807) is 0 Å². The van der Waals surface area contributed by atoms with Gasteiger partial charge in [0.05, 0.1) is 19.8 Å². The maximum Gasteiger partial charge on any atom is 0.366 e. The molecule has 9 heteroatoms. The Morgan fingerprint density at radius 2 is 2.14 bits per heavy atom. The molecule has 2 bridgehead atoms. The third-order valence-corrected chi connectivity index (χ3v) is 3.67. The number of aliphatic hydroxyl groups excluding tert-OH is 3. The standard InChI is InChI=1S/C12H19NO8/c1-5(15)13-6-3-12(11(18)19-2)20-9(7(16)4-14)10(21-12)8(6)17/h6-10,14,16-17H,3-4H2,1-2H3,(H,13,15)/t6-,7-,8+,9-,10-,12-/m1/s1. The first-order valence-electron chi connectivity index (χ1n) is 6.52. The number of amides is 1. The number of fused-ring (bicyclic) bond motifs is 2. The molecule has 0 radical (unpaired) electrons. The summed E-state index contributed by atoms with van der Waals surface area (Å²) in [4.78, 5) is 23.1. The average molecular weight is 305 g/mol. The molecule has 0 aromatic heterocycles. The van der Waals surface area contributed by atoms with Crippen molar-refractivity contribution in [2.24, 2.45) is 0 Å². The molecule has 1 amide bonds. The van der Waals surface area contributed by atoms with Crippen LogP contribution in [0.15, 0.2) is 0 Å². The number of aliphatic hydroxyl groups is 3. The second-order valence-electron chi connectivity index (χ2n) is 5.16. The average Bonchev–Trinajstić information content (AvgIpc) is 2.79. The van der Waals surface area contributed by atoms with Crippen molar-refractivity contribution >= 4 is 11.9 Å². The fraction of sp³-hybridized carbons (Fsp3) is 0.833. The van der Waals surface area contributed by atoms with Crippen molar-refractivity contribution < 1.29 is 39.1 Å². The van der Waals surface area contributed by atoms with Gasteiger partial charge in [0.1, 0.15) is 24.4 Å². The lowest BCUT2D eigenvalue weighted by atomic mass is 9.92. The van der Waals surface area contributed by atoms with E-state index in [1.165, 1.54) is 6.92 Å². The lowest BCUT2D eigenvalue weighted by molar-refractivity contribution is -0.235. The molecule has 0 spiro atoms. The summed E-state index contributed by atoms with van der Waals surface area (Å²) in [5.74, 6) is -3.03. The van der Waals surface area contributed by atoms with Gasteiger partial charge >= 0.3 is 5.97 Å². The molecule has 0 aromatic carbocycles. The molecule has 2 aliphatic heterocycles. The molecular weight excluding hydrogens is 286 g/mol. The second-order valence-corrected chi connectivity index (χ2v) is 5.16. The van der Waals surface area contributed by atoms with Gasteiger partial charge in [-0.25, -0.2) is 4.79 Å². The van der Waals surface area contributed by atoms with Crippen LogP contribution in [0.5, 0.6) is 0 Å². The number of hydrogen-bond acceptors (Lipinski definition) is 8. The van der Waals surface area contributed by atoms with Gasteiger partial charge in [-0.05, 0) is 0 Å². The zero-order chi connectivity index (χ0) is 15.8. The highest BCUT2D eigenvalue weighted by atomic mass is 16.8. The zero-order valence-corrected chi connectivity index (χ0v) is 11.7. The Bertz CT molecular complexity index is 429. The largest absolute Gasteiger partial charge is 0.465 e. The van der Waals surface area contributed by atoms with Gasteiger partial charge in [-0.3, -0.25) is 4.79 Å². The van der Waals surface area contributed by atoms with E-state index in [9.17, 15) is 19.8 Å². The number of carbonyl (C=O) groups is 2. The number of rotatable bonds is 4. The fourth-order valence-corrected chi connectivity index (χ4v) is 2.73. The van der Waals surface area contributed by atoms with Crippen LogP contribution in [0.1, 0.15) is 13.3 Å². The first-order chi connectivity index (χ1) is 9.84. The number of carbonyl (C=O) groups excluding carboxylic acids is 2. The second kappa shape index (κ2) is 5.85. The van der Waals surface area contributed by atoms with Gasteiger partial charge in [-0.2, -0.15) is 0 Å². The predicted molar refractivity (Wildman–Crippen MR) is 65.8 cm³/mol. The monoisotopic (exact) mass is 305 g/mol. The molecule has 6 atom stereocenters. The molecule has 0 unspecified atom stereocenters. The van der Waals surface area contributed by atoms with Crippen molar-refractivity contribution in [2.75, 3.05) is 13.7 Å². The van der Waals surface area contributed by atoms with Gasteiger partial charge in [-0.15, -0.1) is 0 Å². The zero-order valence-electron chi connectivity index (χ0n) is 11.7. The maximum absolute atomic E-state index is 11.9. The van der Waals surface area contributed by atoms with Gasteiger partial charge < -0.3 is 34.8 Å². The van der Waals surface area contributed by atoms with E-state index in [2.05, 4.69) is 10.1 Å². The van der Waals surface area contributed by atoms with E-state index in [0.717, 1.165) is 7.11 Å². The third-order valence-electron chi connectivity index (χ3n) is 3.67. The molecule has 0 aliphatic carbocycles. The van der Waals surface area contributed by atoms with Crippen LogP contribution in [0.4, 0.5) is 0 Å². The molecule has 120 valence electrons. The van der Waals surface area contributed by atoms with E-state index in [0.29, 0.717) is 0 Å². The highest BCUT2D eigenvalue weighted by Crippen LogP contribution is 2.42. The molecule has 4 N–H and O–H groups in total. The van der Waals surface area contributed by atoms with Gasteiger partial charge in [0, 0.05) is 13.3 Å². The Balaban J connectivity index is 2.30. The summed E-state index contributed by atoms with van der Waals surface area (Å²) in [6.07, 6.45) is -4.88. The lowest BCUT2D eigenvalue weighted by Crippen LogP contribution is -2.59. The number of esters is 1. The summed E-state index contributed by atoms with van der Waals surface area (Å²) < 4.78 is 15.5. The molecule has 0 saturated carbocycles. The molecule has 2 fully saturated rings. The Hall–Kier alpha value is -1.26. The van der Waals surface area contributed by atoms with Crippen LogP contribution in [0, 0.1) is 0 Å². The van der Waals surface area contributed by atoms with Gasteiger partial charge in [0.15, 0.2) is 0 Å². The molecule has 2 saturated heterocycles. The number of ether oxygens (including phenoxy) is 3. The van der Waals surface area contributed by atoms with Crippen molar-refractivity contribution in [3.63, 3.8) is 0 Å². The van der Waals surface area contributed by atoms with Crippen LogP contribution in [-0.2, 0) is 23.8 Å². The fourth-order valence-electron chi connectivity index (χ4n) is 2.73. The first-order valence-corrected chi connectivity index (χ1v) is 6.52. The lowest BCUT2D eigenvalue weighted by Gasteiger charge is -2.37. The van der Waals surface area contributed by atoms with Gasteiger partial charge in [-0.1, -0.05) is 0 Å². The van der Waals surface area contributed by atoms with Crippen LogP contribution in [0.25, 0.3) is 0 Å². The van der Waals surface area contributed by atoms with E-state index in [1.807, 2.05) is 0 Å². The van der Waals surface area contributed by atoms with Crippen molar-refractivity contribution in [3.05, 3.63) is 0 Å². The first kappa shape index (κ1) is 16.1. The molecule has 9 nitrogen and oxygen atoms in total. The molecule has 2 heterocycles. The van der Waals surface area contributed by atoms with Crippen molar-refractivity contribution in [1.82, 2.24) is 5.32 Å². The van der Waals surface area contributed by atoms with Crippen molar-refractivity contribution in [2.45, 2.75) is 49.6 Å². The summed E-state index contributed by atoms with van der Waals surface area (Å²) in [7, 11) is 1.15. The Morgan fingerprint density at radius 3 is 2.67 bits per heavy atom. The third kappa shape index (κ3) is 2.74. The van der Waals surface area contributed by atoms with E-state index in [4.69, 9.17) is 14.6 Å². The van der Waals surface area contributed by atoms with Gasteiger partial charge in [0.2, 0.25) is 5.91 Å². The van der Waals surface area contributed by atoms with E-state index >= 15 is 0 Å². The predicted octanol–water partition coefficient (Wildman–Crippen LogP) is -2.74. The maximum atomic E-state index is 11.9. The minimum Gasteiger partial charge on any atom is -0.465 e. The summed E-state index contributed by atoms with van der Waals surface area (Å²) >= 11 is 0. The van der Waals surface area contributed by atoms with Crippen LogP contribution < -0.4 is 5.32 Å². The Kier molecular flexibility index (Phi) is 4.49. The van der Waals surface area contributed by atoms with E-state index < -0.39 is 48.8 Å². The quantitative estimate of drug-likeness (QED) is 0.411. The number of nitrogens with one attached hydrogen (secondary N) is 1. The minimum atomic E-state index is -1.81.